The highest BCUT2D eigenvalue weighted by molar-refractivity contribution is 5.84. The van der Waals surface area contributed by atoms with Crippen LogP contribution < -0.4 is 25.8 Å². The molecule has 2 amide bonds. The molecule has 0 spiro atoms. The lowest BCUT2D eigenvalue weighted by Crippen LogP contribution is -2.34. The van der Waals surface area contributed by atoms with Crippen molar-refractivity contribution in [3.8, 4) is 33.8 Å². The van der Waals surface area contributed by atoms with E-state index in [1.54, 1.807) is 6.20 Å². The number of carbonyl (C=O) groups excluding carboxylic acids is 2. The fourth-order valence-electron chi connectivity index (χ4n) is 4.22. The largest absolute Gasteiger partial charge is 0.492 e. The molecule has 0 aliphatic rings. The van der Waals surface area contributed by atoms with E-state index < -0.39 is 23.4 Å². The summed E-state index contributed by atoms with van der Waals surface area (Å²) in [5.74, 6) is 1.81. The maximum Gasteiger partial charge on any atom is 0.407 e. The zero-order valence-electron chi connectivity index (χ0n) is 26.2. The third-order valence-electron chi connectivity index (χ3n) is 5.96. The number of nitrogens with two attached hydrogens (primary N) is 1. The number of aromatic nitrogens is 1. The van der Waals surface area contributed by atoms with Crippen LogP contribution in [0.3, 0.4) is 0 Å². The number of benzene rings is 2. The second-order valence-corrected chi connectivity index (χ2v) is 11.9. The first-order valence-corrected chi connectivity index (χ1v) is 14.4. The van der Waals surface area contributed by atoms with E-state index in [1.807, 2.05) is 90.1 Å². The SMILES string of the molecule is CCc1c(-c2ccc(OCCNC(=O)OC(C)(C)C)cc2)cnc(N)c1-c1ccc(OCCNC(=O)OC(C)(C)C)cc1. The second kappa shape index (κ2) is 14.6. The summed E-state index contributed by atoms with van der Waals surface area (Å²) in [6, 6.07) is 15.4. The average Bonchev–Trinajstić information content (AvgIpc) is 2.92. The van der Waals surface area contributed by atoms with Crippen molar-refractivity contribution >= 4 is 18.0 Å². The molecular weight excluding hydrogens is 548 g/mol. The van der Waals surface area contributed by atoms with Crippen LogP contribution in [0.15, 0.2) is 54.7 Å². The van der Waals surface area contributed by atoms with Crippen LogP contribution in [0.4, 0.5) is 15.4 Å². The van der Waals surface area contributed by atoms with Crippen LogP contribution in [-0.2, 0) is 15.9 Å². The number of nitrogens with one attached hydrogen (secondary N) is 2. The van der Waals surface area contributed by atoms with Crippen LogP contribution in [0.1, 0.15) is 54.0 Å². The summed E-state index contributed by atoms with van der Waals surface area (Å²) >= 11 is 0. The van der Waals surface area contributed by atoms with E-state index in [0.717, 1.165) is 34.2 Å². The van der Waals surface area contributed by atoms with E-state index in [4.69, 9.17) is 24.7 Å². The van der Waals surface area contributed by atoms with Crippen LogP contribution >= 0.6 is 0 Å². The lowest BCUT2D eigenvalue weighted by molar-refractivity contribution is 0.0509. The molecule has 1 heterocycles. The van der Waals surface area contributed by atoms with E-state index in [9.17, 15) is 9.59 Å². The molecule has 0 aliphatic heterocycles. The molecular formula is C33H44N4O6. The second-order valence-electron chi connectivity index (χ2n) is 11.9. The van der Waals surface area contributed by atoms with Gasteiger partial charge >= 0.3 is 12.2 Å². The van der Waals surface area contributed by atoms with E-state index in [2.05, 4.69) is 22.5 Å². The first-order valence-electron chi connectivity index (χ1n) is 14.4. The lowest BCUT2D eigenvalue weighted by atomic mass is 9.92. The lowest BCUT2D eigenvalue weighted by Gasteiger charge is -2.19. The van der Waals surface area contributed by atoms with Crippen molar-refractivity contribution < 1.29 is 28.5 Å². The number of amides is 2. The molecule has 0 saturated heterocycles. The number of ether oxygens (including phenoxy) is 4. The fourth-order valence-corrected chi connectivity index (χ4v) is 4.22. The summed E-state index contributed by atoms with van der Waals surface area (Å²) in [4.78, 5) is 28.1. The highest BCUT2D eigenvalue weighted by atomic mass is 16.6. The number of pyridine rings is 1. The Balaban J connectivity index is 1.62. The molecule has 43 heavy (non-hydrogen) atoms. The topological polar surface area (TPSA) is 134 Å². The Labute approximate surface area is 254 Å². The van der Waals surface area contributed by atoms with Gasteiger partial charge in [-0.1, -0.05) is 31.2 Å². The van der Waals surface area contributed by atoms with Gasteiger partial charge in [-0.05, 0) is 88.9 Å². The van der Waals surface area contributed by atoms with Crippen LogP contribution in [0.2, 0.25) is 0 Å². The first kappa shape index (κ1) is 33.0. The normalized spacial score (nSPS) is 11.4. The Morgan fingerprint density at radius 3 is 1.60 bits per heavy atom. The van der Waals surface area contributed by atoms with Gasteiger partial charge in [-0.2, -0.15) is 0 Å². The van der Waals surface area contributed by atoms with Crippen molar-refractivity contribution in [3.63, 3.8) is 0 Å². The number of rotatable bonds is 11. The molecule has 3 aromatic rings. The van der Waals surface area contributed by atoms with Crippen molar-refractivity contribution in [1.29, 1.82) is 0 Å². The molecule has 10 heteroatoms. The minimum Gasteiger partial charge on any atom is -0.492 e. The molecule has 1 aromatic heterocycles. The van der Waals surface area contributed by atoms with Gasteiger partial charge in [0.25, 0.3) is 0 Å². The van der Waals surface area contributed by atoms with Gasteiger partial charge in [0.1, 0.15) is 41.7 Å². The van der Waals surface area contributed by atoms with Crippen molar-refractivity contribution in [3.05, 3.63) is 60.3 Å². The van der Waals surface area contributed by atoms with Crippen LogP contribution in [-0.4, -0.2) is 54.7 Å². The molecule has 2 aromatic carbocycles. The van der Waals surface area contributed by atoms with Gasteiger partial charge in [0, 0.05) is 17.3 Å². The molecule has 0 unspecified atom stereocenters. The van der Waals surface area contributed by atoms with E-state index in [-0.39, 0.29) is 0 Å². The summed E-state index contributed by atoms with van der Waals surface area (Å²) in [6.45, 7) is 14.3. The van der Waals surface area contributed by atoms with Crippen molar-refractivity contribution in [2.24, 2.45) is 0 Å². The van der Waals surface area contributed by atoms with Crippen molar-refractivity contribution in [1.82, 2.24) is 15.6 Å². The fraction of sp³-hybridized carbons (Fsp3) is 0.424. The number of alkyl carbamates (subject to hydrolysis) is 2. The maximum absolute atomic E-state index is 11.8. The summed E-state index contributed by atoms with van der Waals surface area (Å²) in [7, 11) is 0. The molecule has 232 valence electrons. The van der Waals surface area contributed by atoms with Gasteiger partial charge in [0.15, 0.2) is 0 Å². The van der Waals surface area contributed by atoms with Crippen molar-refractivity contribution in [2.45, 2.75) is 66.1 Å². The number of hydrogen-bond donors (Lipinski definition) is 3. The van der Waals surface area contributed by atoms with Gasteiger partial charge in [0.05, 0.1) is 13.1 Å². The van der Waals surface area contributed by atoms with Crippen LogP contribution in [0, 0.1) is 0 Å². The minimum absolute atomic E-state index is 0.304. The van der Waals surface area contributed by atoms with Crippen LogP contribution in [0.25, 0.3) is 22.3 Å². The van der Waals surface area contributed by atoms with Crippen LogP contribution in [0.5, 0.6) is 11.5 Å². The van der Waals surface area contributed by atoms with E-state index in [1.165, 1.54) is 0 Å². The Bertz CT molecular complexity index is 1360. The standard InChI is InChI=1S/C33H44N4O6/c1-8-26-27(22-9-13-24(14-10-22)40-19-17-35-30(38)42-32(2,3)4)21-37-29(34)28(26)23-11-15-25(16-12-23)41-20-18-36-31(39)43-33(5,6)7/h9-16,21H,8,17-20H2,1-7H3,(H2,34,37)(H,35,38)(H,36,39). The molecule has 0 aliphatic carbocycles. The van der Waals surface area contributed by atoms with E-state index >= 15 is 0 Å². The van der Waals surface area contributed by atoms with Gasteiger partial charge in [-0.25, -0.2) is 14.6 Å². The summed E-state index contributed by atoms with van der Waals surface area (Å²) in [6.07, 6.45) is 1.60. The molecule has 3 rings (SSSR count). The number of nitrogens with zero attached hydrogens (tertiary/aromatic N) is 1. The Morgan fingerprint density at radius 2 is 1.19 bits per heavy atom. The quantitative estimate of drug-likeness (QED) is 0.219. The average molecular weight is 593 g/mol. The van der Waals surface area contributed by atoms with E-state index in [0.29, 0.717) is 43.6 Å². The molecule has 4 N–H and O–H groups in total. The third-order valence-corrected chi connectivity index (χ3v) is 5.96. The van der Waals surface area contributed by atoms with Gasteiger partial charge in [-0.15, -0.1) is 0 Å². The molecule has 0 radical (unpaired) electrons. The highest BCUT2D eigenvalue weighted by Gasteiger charge is 2.18. The number of carbonyl (C=O) groups is 2. The molecule has 0 bridgehead atoms. The Kier molecular flexibility index (Phi) is 11.2. The molecule has 10 nitrogen and oxygen atoms in total. The Hall–Kier alpha value is -4.47. The smallest absolute Gasteiger partial charge is 0.407 e. The number of anilines is 1. The molecule has 0 atom stereocenters. The minimum atomic E-state index is -0.548. The number of hydrogen-bond acceptors (Lipinski definition) is 8. The predicted molar refractivity (Wildman–Crippen MR) is 168 cm³/mol. The van der Waals surface area contributed by atoms with Gasteiger partial charge in [-0.3, -0.25) is 0 Å². The highest BCUT2D eigenvalue weighted by Crippen LogP contribution is 2.36. The maximum atomic E-state index is 11.8. The van der Waals surface area contributed by atoms with Gasteiger partial charge < -0.3 is 35.3 Å². The monoisotopic (exact) mass is 592 g/mol. The zero-order chi connectivity index (χ0) is 31.6. The predicted octanol–water partition coefficient (Wildman–Crippen LogP) is 6.37. The summed E-state index contributed by atoms with van der Waals surface area (Å²) < 4.78 is 22.0. The third kappa shape index (κ3) is 10.7. The molecule has 0 fully saturated rings. The summed E-state index contributed by atoms with van der Waals surface area (Å²) in [5, 5.41) is 5.36. The zero-order valence-corrected chi connectivity index (χ0v) is 26.2. The van der Waals surface area contributed by atoms with Gasteiger partial charge in [0.2, 0.25) is 0 Å². The van der Waals surface area contributed by atoms with Crippen molar-refractivity contribution in [2.75, 3.05) is 32.0 Å². The number of nitrogen functional groups attached to an aromatic ring is 1. The molecule has 0 saturated carbocycles. The first-order chi connectivity index (χ1) is 20.3. The summed E-state index contributed by atoms with van der Waals surface area (Å²) in [5.41, 5.74) is 10.2. The Morgan fingerprint density at radius 1 is 0.744 bits per heavy atom.